The van der Waals surface area contributed by atoms with Gasteiger partial charge >= 0.3 is 0 Å². The Morgan fingerprint density at radius 1 is 1.35 bits per heavy atom. The van der Waals surface area contributed by atoms with Gasteiger partial charge in [0.15, 0.2) is 0 Å². The van der Waals surface area contributed by atoms with Gasteiger partial charge in [-0.2, -0.15) is 0 Å². The first-order valence-corrected chi connectivity index (χ1v) is 5.96. The molecule has 0 aliphatic rings. The Labute approximate surface area is 103 Å². The van der Waals surface area contributed by atoms with Gasteiger partial charge in [0, 0.05) is 25.2 Å². The van der Waals surface area contributed by atoms with Gasteiger partial charge in [-0.25, -0.2) is 0 Å². The van der Waals surface area contributed by atoms with Crippen LogP contribution in [0.5, 0.6) is 0 Å². The van der Waals surface area contributed by atoms with Crippen molar-refractivity contribution in [2.24, 2.45) is 0 Å². The zero-order chi connectivity index (χ0) is 12.5. The van der Waals surface area contributed by atoms with E-state index >= 15 is 0 Å². The molecule has 0 saturated heterocycles. The summed E-state index contributed by atoms with van der Waals surface area (Å²) in [6.45, 7) is 6.86. The Morgan fingerprint density at radius 3 is 2.65 bits per heavy atom. The van der Waals surface area contributed by atoms with Crippen molar-refractivity contribution < 1.29 is 4.79 Å². The molecule has 0 aliphatic carbocycles. The topological polar surface area (TPSA) is 41.1 Å². The molecule has 0 radical (unpaired) electrons. The SMILES string of the molecule is C=CCNC(=O)CCNc1ccc(CC)cc1. The van der Waals surface area contributed by atoms with E-state index in [-0.39, 0.29) is 5.91 Å². The normalized spacial score (nSPS) is 9.71. The monoisotopic (exact) mass is 232 g/mol. The third-order valence-electron chi connectivity index (χ3n) is 2.49. The lowest BCUT2D eigenvalue weighted by Gasteiger charge is -2.07. The van der Waals surface area contributed by atoms with Crippen molar-refractivity contribution in [2.75, 3.05) is 18.4 Å². The van der Waals surface area contributed by atoms with E-state index in [9.17, 15) is 4.79 Å². The molecule has 1 aromatic carbocycles. The summed E-state index contributed by atoms with van der Waals surface area (Å²) in [5, 5.41) is 5.96. The molecular formula is C14H20N2O. The minimum absolute atomic E-state index is 0.0441. The van der Waals surface area contributed by atoms with E-state index in [4.69, 9.17) is 0 Å². The second kappa shape index (κ2) is 7.49. The molecule has 0 bridgehead atoms. The van der Waals surface area contributed by atoms with Gasteiger partial charge in [0.1, 0.15) is 0 Å². The van der Waals surface area contributed by atoms with Gasteiger partial charge in [0.2, 0.25) is 5.91 Å². The molecule has 0 atom stereocenters. The smallest absolute Gasteiger partial charge is 0.222 e. The Kier molecular flexibility index (Phi) is 5.86. The zero-order valence-electron chi connectivity index (χ0n) is 10.3. The quantitative estimate of drug-likeness (QED) is 0.709. The summed E-state index contributed by atoms with van der Waals surface area (Å²) in [6, 6.07) is 8.28. The Morgan fingerprint density at radius 2 is 2.06 bits per heavy atom. The summed E-state index contributed by atoms with van der Waals surface area (Å²) in [6.07, 6.45) is 3.20. The maximum absolute atomic E-state index is 11.3. The molecule has 0 fully saturated rings. The highest BCUT2D eigenvalue weighted by Gasteiger charge is 1.98. The van der Waals surface area contributed by atoms with E-state index < -0.39 is 0 Å². The lowest BCUT2D eigenvalue weighted by atomic mass is 10.1. The van der Waals surface area contributed by atoms with Gasteiger partial charge in [-0.3, -0.25) is 4.79 Å². The van der Waals surface area contributed by atoms with Crippen molar-refractivity contribution in [1.29, 1.82) is 0 Å². The Balaban J connectivity index is 2.25. The molecule has 92 valence electrons. The molecule has 0 spiro atoms. The van der Waals surface area contributed by atoms with E-state index in [1.807, 2.05) is 12.1 Å². The zero-order valence-corrected chi connectivity index (χ0v) is 10.3. The molecule has 0 heterocycles. The summed E-state index contributed by atoms with van der Waals surface area (Å²) in [5.74, 6) is 0.0441. The first-order valence-electron chi connectivity index (χ1n) is 5.96. The minimum Gasteiger partial charge on any atom is -0.385 e. The van der Waals surface area contributed by atoms with Crippen LogP contribution in [-0.2, 0) is 11.2 Å². The first kappa shape index (κ1) is 13.3. The van der Waals surface area contributed by atoms with Gasteiger partial charge in [0.25, 0.3) is 0 Å². The summed E-state index contributed by atoms with van der Waals surface area (Å²) in [7, 11) is 0. The predicted octanol–water partition coefficient (Wildman–Crippen LogP) is 2.35. The number of rotatable bonds is 7. The predicted molar refractivity (Wildman–Crippen MR) is 72.1 cm³/mol. The Bertz CT molecular complexity index is 357. The summed E-state index contributed by atoms with van der Waals surface area (Å²) >= 11 is 0. The van der Waals surface area contributed by atoms with Crippen LogP contribution in [0.3, 0.4) is 0 Å². The fraction of sp³-hybridized carbons (Fsp3) is 0.357. The van der Waals surface area contributed by atoms with Gasteiger partial charge in [-0.05, 0) is 24.1 Å². The van der Waals surface area contributed by atoms with Gasteiger partial charge in [-0.1, -0.05) is 25.1 Å². The maximum atomic E-state index is 11.3. The molecule has 3 nitrogen and oxygen atoms in total. The van der Waals surface area contributed by atoms with Crippen LogP contribution in [0.25, 0.3) is 0 Å². The van der Waals surface area contributed by atoms with Crippen LogP contribution in [0.4, 0.5) is 5.69 Å². The average molecular weight is 232 g/mol. The number of carbonyl (C=O) groups excluding carboxylic acids is 1. The second-order valence-corrected chi connectivity index (χ2v) is 3.82. The van der Waals surface area contributed by atoms with Crippen LogP contribution >= 0.6 is 0 Å². The molecule has 0 saturated carbocycles. The molecule has 1 amide bonds. The summed E-state index contributed by atoms with van der Waals surface area (Å²) < 4.78 is 0. The molecule has 0 aliphatic heterocycles. The van der Waals surface area contributed by atoms with Crippen LogP contribution in [0.1, 0.15) is 18.9 Å². The van der Waals surface area contributed by atoms with Crippen molar-refractivity contribution in [3.8, 4) is 0 Å². The van der Waals surface area contributed by atoms with Crippen LogP contribution in [-0.4, -0.2) is 19.0 Å². The second-order valence-electron chi connectivity index (χ2n) is 3.82. The van der Waals surface area contributed by atoms with Crippen LogP contribution in [0.15, 0.2) is 36.9 Å². The summed E-state index contributed by atoms with van der Waals surface area (Å²) in [4.78, 5) is 11.3. The van der Waals surface area contributed by atoms with E-state index in [1.165, 1.54) is 5.56 Å². The number of benzene rings is 1. The number of amides is 1. The minimum atomic E-state index is 0.0441. The highest BCUT2D eigenvalue weighted by molar-refractivity contribution is 5.76. The van der Waals surface area contributed by atoms with Crippen molar-refractivity contribution in [3.63, 3.8) is 0 Å². The van der Waals surface area contributed by atoms with Gasteiger partial charge in [0.05, 0.1) is 0 Å². The highest BCUT2D eigenvalue weighted by Crippen LogP contribution is 2.09. The molecule has 1 rings (SSSR count). The van der Waals surface area contributed by atoms with Gasteiger partial charge < -0.3 is 10.6 Å². The molecule has 17 heavy (non-hydrogen) atoms. The van der Waals surface area contributed by atoms with E-state index in [2.05, 4.69) is 36.3 Å². The van der Waals surface area contributed by atoms with Crippen molar-refractivity contribution in [3.05, 3.63) is 42.5 Å². The number of aryl methyl sites for hydroxylation is 1. The molecule has 0 unspecified atom stereocenters. The number of anilines is 1. The number of hydrogen-bond donors (Lipinski definition) is 2. The molecule has 0 aromatic heterocycles. The lowest BCUT2D eigenvalue weighted by molar-refractivity contribution is -0.120. The third-order valence-corrected chi connectivity index (χ3v) is 2.49. The first-order chi connectivity index (χ1) is 8.26. The molecule has 1 aromatic rings. The van der Waals surface area contributed by atoms with Crippen LogP contribution in [0.2, 0.25) is 0 Å². The van der Waals surface area contributed by atoms with E-state index in [0.29, 0.717) is 19.5 Å². The molecule has 3 heteroatoms. The fourth-order valence-electron chi connectivity index (χ4n) is 1.45. The maximum Gasteiger partial charge on any atom is 0.222 e. The van der Waals surface area contributed by atoms with E-state index in [0.717, 1.165) is 12.1 Å². The standard InChI is InChI=1S/C14H20N2O/c1-3-10-16-14(17)9-11-15-13-7-5-12(4-2)6-8-13/h3,5-8,15H,1,4,9-11H2,2H3,(H,16,17). The summed E-state index contributed by atoms with van der Waals surface area (Å²) in [5.41, 5.74) is 2.37. The number of hydrogen-bond acceptors (Lipinski definition) is 2. The van der Waals surface area contributed by atoms with Gasteiger partial charge in [-0.15, -0.1) is 6.58 Å². The third kappa shape index (κ3) is 5.20. The molecular weight excluding hydrogens is 212 g/mol. The average Bonchev–Trinajstić information content (AvgIpc) is 2.37. The van der Waals surface area contributed by atoms with Crippen molar-refractivity contribution >= 4 is 11.6 Å². The highest BCUT2D eigenvalue weighted by atomic mass is 16.1. The van der Waals surface area contributed by atoms with Crippen molar-refractivity contribution in [1.82, 2.24) is 5.32 Å². The van der Waals surface area contributed by atoms with Crippen molar-refractivity contribution in [2.45, 2.75) is 19.8 Å². The Hall–Kier alpha value is -1.77. The largest absolute Gasteiger partial charge is 0.385 e. The van der Waals surface area contributed by atoms with Crippen LogP contribution < -0.4 is 10.6 Å². The molecule has 2 N–H and O–H groups in total. The van der Waals surface area contributed by atoms with Crippen LogP contribution in [0, 0.1) is 0 Å². The fourth-order valence-corrected chi connectivity index (χ4v) is 1.45. The lowest BCUT2D eigenvalue weighted by Crippen LogP contribution is -2.25. The number of carbonyl (C=O) groups is 1. The number of nitrogens with one attached hydrogen (secondary N) is 2. The van der Waals surface area contributed by atoms with E-state index in [1.54, 1.807) is 6.08 Å².